The molecule has 0 amide bonds. The first-order chi connectivity index (χ1) is 8.56. The van der Waals surface area contributed by atoms with Gasteiger partial charge < -0.3 is 9.67 Å². The van der Waals surface area contributed by atoms with E-state index in [1.807, 2.05) is 29.1 Å². The molecular weight excluding hydrogens is 232 g/mol. The van der Waals surface area contributed by atoms with E-state index in [9.17, 15) is 15.2 Å². The number of aliphatic hydroxyl groups is 1. The topological polar surface area (TPSA) is 68.3 Å². The molecule has 18 heavy (non-hydrogen) atoms. The van der Waals surface area contributed by atoms with Crippen molar-refractivity contribution < 1.29 is 10.0 Å². The molecule has 1 unspecified atom stereocenters. The minimum Gasteiger partial charge on any atom is -0.389 e. The monoisotopic (exact) mass is 246 g/mol. The molecule has 2 aromatic rings. The molecule has 5 heteroatoms. The van der Waals surface area contributed by atoms with Gasteiger partial charge in [-0.15, -0.1) is 0 Å². The number of hydrogen-bond acceptors (Lipinski definition) is 3. The van der Waals surface area contributed by atoms with Crippen molar-refractivity contribution in [3.8, 4) is 0 Å². The lowest BCUT2D eigenvalue weighted by molar-refractivity contribution is -0.384. The van der Waals surface area contributed by atoms with E-state index in [0.717, 1.165) is 11.1 Å². The molecule has 1 N–H and O–H groups in total. The summed E-state index contributed by atoms with van der Waals surface area (Å²) in [7, 11) is 0. The van der Waals surface area contributed by atoms with E-state index >= 15 is 0 Å². The molecule has 1 aromatic heterocycles. The second-order valence-corrected chi connectivity index (χ2v) is 4.22. The zero-order valence-electron chi connectivity index (χ0n) is 9.98. The zero-order valence-corrected chi connectivity index (χ0v) is 9.98. The quantitative estimate of drug-likeness (QED) is 0.665. The van der Waals surface area contributed by atoms with Crippen molar-refractivity contribution in [3.05, 3.63) is 64.0 Å². The van der Waals surface area contributed by atoms with E-state index in [1.165, 1.54) is 6.07 Å². The maximum atomic E-state index is 10.7. The molecule has 1 heterocycles. The van der Waals surface area contributed by atoms with Gasteiger partial charge in [-0.05, 0) is 24.1 Å². The molecule has 2 rings (SSSR count). The van der Waals surface area contributed by atoms with Gasteiger partial charge in [-0.3, -0.25) is 10.1 Å². The number of aromatic nitrogens is 1. The van der Waals surface area contributed by atoms with Crippen LogP contribution in [0, 0.1) is 10.1 Å². The Labute approximate surface area is 104 Å². The van der Waals surface area contributed by atoms with Crippen molar-refractivity contribution in [2.24, 2.45) is 0 Å². The highest BCUT2D eigenvalue weighted by Gasteiger charge is 2.07. The van der Waals surface area contributed by atoms with Gasteiger partial charge in [0, 0.05) is 31.1 Å². The van der Waals surface area contributed by atoms with Gasteiger partial charge in [0.2, 0.25) is 0 Å². The van der Waals surface area contributed by atoms with E-state index in [2.05, 4.69) is 0 Å². The number of nitrogens with zero attached hydrogens (tertiary/aromatic N) is 2. The minimum atomic E-state index is -0.503. The summed E-state index contributed by atoms with van der Waals surface area (Å²) in [6, 6.07) is 8.38. The Hall–Kier alpha value is -2.14. The first-order valence-corrected chi connectivity index (χ1v) is 5.63. The Morgan fingerprint density at radius 1 is 1.44 bits per heavy atom. The van der Waals surface area contributed by atoms with E-state index in [4.69, 9.17) is 0 Å². The predicted molar refractivity (Wildman–Crippen MR) is 67.3 cm³/mol. The summed E-state index contributed by atoms with van der Waals surface area (Å²) in [5, 5.41) is 20.1. The molecule has 1 atom stereocenters. The summed E-state index contributed by atoms with van der Waals surface area (Å²) in [4.78, 5) is 10.3. The lowest BCUT2D eigenvalue weighted by Gasteiger charge is -2.03. The third-order valence-corrected chi connectivity index (χ3v) is 2.74. The molecule has 0 radical (unpaired) electrons. The highest BCUT2D eigenvalue weighted by molar-refractivity contribution is 5.34. The fraction of sp³-hybridized carbons (Fsp3) is 0.231. The van der Waals surface area contributed by atoms with Gasteiger partial charge >= 0.3 is 0 Å². The highest BCUT2D eigenvalue weighted by atomic mass is 16.6. The van der Waals surface area contributed by atoms with Gasteiger partial charge in [-0.1, -0.05) is 12.1 Å². The third kappa shape index (κ3) is 2.75. The van der Waals surface area contributed by atoms with Crippen LogP contribution in [0.25, 0.3) is 0 Å². The molecule has 0 spiro atoms. The summed E-state index contributed by atoms with van der Waals surface area (Å²) in [5.41, 5.74) is 1.78. The van der Waals surface area contributed by atoms with Crippen LogP contribution in [-0.4, -0.2) is 14.6 Å². The second-order valence-electron chi connectivity index (χ2n) is 4.22. The Bertz CT molecular complexity index is 561. The largest absolute Gasteiger partial charge is 0.389 e. The van der Waals surface area contributed by atoms with Crippen molar-refractivity contribution in [1.29, 1.82) is 0 Å². The highest BCUT2D eigenvalue weighted by Crippen LogP contribution is 2.16. The maximum Gasteiger partial charge on any atom is 0.269 e. The summed E-state index contributed by atoms with van der Waals surface area (Å²) in [6.07, 6.45) is 3.18. The SMILES string of the molecule is CC(O)c1ccn(Cc2cccc([N+](=O)[O-])c2)c1. The average molecular weight is 246 g/mol. The number of hydrogen-bond donors (Lipinski definition) is 1. The van der Waals surface area contributed by atoms with Crippen LogP contribution < -0.4 is 0 Å². The Morgan fingerprint density at radius 2 is 2.22 bits per heavy atom. The molecule has 0 saturated carbocycles. The third-order valence-electron chi connectivity index (χ3n) is 2.74. The molecule has 5 nitrogen and oxygen atoms in total. The molecule has 0 saturated heterocycles. The van der Waals surface area contributed by atoms with Crippen molar-refractivity contribution in [1.82, 2.24) is 4.57 Å². The van der Waals surface area contributed by atoms with Gasteiger partial charge in [0.1, 0.15) is 0 Å². The van der Waals surface area contributed by atoms with Crippen LogP contribution >= 0.6 is 0 Å². The molecule has 0 fully saturated rings. The Morgan fingerprint density at radius 3 is 2.83 bits per heavy atom. The number of rotatable bonds is 4. The standard InChI is InChI=1S/C13H14N2O3/c1-10(16)12-5-6-14(9-12)8-11-3-2-4-13(7-11)15(17)18/h2-7,9-10,16H,8H2,1H3. The molecular formula is C13H14N2O3. The van der Waals surface area contributed by atoms with Crippen LogP contribution in [0.2, 0.25) is 0 Å². The minimum absolute atomic E-state index is 0.0930. The van der Waals surface area contributed by atoms with Gasteiger partial charge in [0.15, 0.2) is 0 Å². The number of nitro groups is 1. The van der Waals surface area contributed by atoms with Crippen molar-refractivity contribution >= 4 is 5.69 Å². The Kier molecular flexibility index (Phi) is 3.43. The van der Waals surface area contributed by atoms with Crippen LogP contribution in [-0.2, 0) is 6.54 Å². The first-order valence-electron chi connectivity index (χ1n) is 5.63. The predicted octanol–water partition coefficient (Wildman–Crippen LogP) is 2.50. The molecule has 0 bridgehead atoms. The number of nitro benzene ring substituents is 1. The smallest absolute Gasteiger partial charge is 0.269 e. The van der Waals surface area contributed by atoms with Gasteiger partial charge in [-0.2, -0.15) is 0 Å². The number of non-ortho nitro benzene ring substituents is 1. The average Bonchev–Trinajstić information content (AvgIpc) is 2.78. The van der Waals surface area contributed by atoms with Crippen LogP contribution in [0.4, 0.5) is 5.69 Å². The molecule has 0 aliphatic heterocycles. The summed E-state index contributed by atoms with van der Waals surface area (Å²) < 4.78 is 1.89. The first kappa shape index (κ1) is 12.3. The van der Waals surface area contributed by atoms with E-state index in [-0.39, 0.29) is 5.69 Å². The Balaban J connectivity index is 2.17. The fourth-order valence-corrected chi connectivity index (χ4v) is 1.78. The summed E-state index contributed by atoms with van der Waals surface area (Å²) in [6.45, 7) is 2.25. The van der Waals surface area contributed by atoms with Gasteiger partial charge in [-0.25, -0.2) is 0 Å². The van der Waals surface area contributed by atoms with Crippen molar-refractivity contribution in [3.63, 3.8) is 0 Å². The second kappa shape index (κ2) is 5.01. The molecule has 0 aliphatic rings. The molecule has 0 aliphatic carbocycles. The molecule has 94 valence electrons. The lowest BCUT2D eigenvalue weighted by Crippen LogP contribution is -1.98. The fourth-order valence-electron chi connectivity index (χ4n) is 1.78. The summed E-state index contributed by atoms with van der Waals surface area (Å²) in [5.74, 6) is 0. The van der Waals surface area contributed by atoms with Crippen molar-refractivity contribution in [2.75, 3.05) is 0 Å². The van der Waals surface area contributed by atoms with Crippen LogP contribution in [0.3, 0.4) is 0 Å². The number of aliphatic hydroxyl groups excluding tert-OH is 1. The normalized spacial score (nSPS) is 12.3. The lowest BCUT2D eigenvalue weighted by atomic mass is 10.2. The maximum absolute atomic E-state index is 10.7. The number of benzene rings is 1. The van der Waals surface area contributed by atoms with Crippen LogP contribution in [0.15, 0.2) is 42.7 Å². The summed E-state index contributed by atoms with van der Waals surface area (Å²) >= 11 is 0. The van der Waals surface area contributed by atoms with E-state index in [0.29, 0.717) is 6.54 Å². The zero-order chi connectivity index (χ0) is 13.1. The van der Waals surface area contributed by atoms with E-state index < -0.39 is 11.0 Å². The van der Waals surface area contributed by atoms with Gasteiger partial charge in [0.25, 0.3) is 5.69 Å². The van der Waals surface area contributed by atoms with Gasteiger partial charge in [0.05, 0.1) is 11.0 Å². The van der Waals surface area contributed by atoms with Crippen molar-refractivity contribution in [2.45, 2.75) is 19.6 Å². The van der Waals surface area contributed by atoms with E-state index in [1.54, 1.807) is 19.1 Å². The molecule has 1 aromatic carbocycles. The van der Waals surface area contributed by atoms with Crippen LogP contribution in [0.1, 0.15) is 24.2 Å². The van der Waals surface area contributed by atoms with Crippen LogP contribution in [0.5, 0.6) is 0 Å².